The highest BCUT2D eigenvalue weighted by atomic mass is 17.2. The predicted octanol–water partition coefficient (Wildman–Crippen LogP) is 2.70. The molecule has 0 aromatic carbocycles. The number of hydrogen-bond acceptors (Lipinski definition) is 5. The summed E-state index contributed by atoms with van der Waals surface area (Å²) in [6.07, 6.45) is 3.17. The molecule has 0 unspecified atom stereocenters. The summed E-state index contributed by atoms with van der Waals surface area (Å²) in [5.41, 5.74) is -0.438. The van der Waals surface area contributed by atoms with Crippen molar-refractivity contribution in [3.8, 4) is 0 Å². The first-order valence-electron chi connectivity index (χ1n) is 6.99. The first kappa shape index (κ1) is 18.9. The van der Waals surface area contributed by atoms with E-state index in [1.54, 1.807) is 0 Å². The van der Waals surface area contributed by atoms with Crippen molar-refractivity contribution < 1.29 is 29.2 Å². The molecule has 20 heavy (non-hydrogen) atoms. The Morgan fingerprint density at radius 1 is 0.900 bits per heavy atom. The van der Waals surface area contributed by atoms with Gasteiger partial charge >= 0.3 is 11.9 Å². The molecule has 0 aliphatic heterocycles. The van der Waals surface area contributed by atoms with Crippen LogP contribution in [0.5, 0.6) is 0 Å². The third kappa shape index (κ3) is 14.9. The van der Waals surface area contributed by atoms with Crippen molar-refractivity contribution in [3.05, 3.63) is 0 Å². The third-order valence-corrected chi connectivity index (χ3v) is 2.23. The number of unbranched alkanes of at least 4 members (excludes halogenated alkanes) is 2. The van der Waals surface area contributed by atoms with E-state index in [0.29, 0.717) is 45.3 Å². The first-order valence-corrected chi connectivity index (χ1v) is 6.99. The molecule has 0 spiro atoms. The molecule has 0 aromatic rings. The number of ether oxygens (including phenoxy) is 1. The molecule has 0 radical (unpaired) electrons. The molecular formula is C14H26O6. The van der Waals surface area contributed by atoms with Gasteiger partial charge in [-0.15, -0.1) is 0 Å². The molecule has 0 heterocycles. The molecule has 0 rings (SSSR count). The van der Waals surface area contributed by atoms with E-state index < -0.39 is 11.6 Å². The zero-order valence-corrected chi connectivity index (χ0v) is 12.6. The van der Waals surface area contributed by atoms with Crippen molar-refractivity contribution >= 4 is 11.9 Å². The number of carbonyl (C=O) groups excluding carboxylic acids is 1. The van der Waals surface area contributed by atoms with E-state index in [1.807, 2.05) is 20.8 Å². The quantitative estimate of drug-likeness (QED) is 0.273. The van der Waals surface area contributed by atoms with Crippen molar-refractivity contribution in [2.45, 2.75) is 64.9 Å². The molecule has 0 saturated carbocycles. The van der Waals surface area contributed by atoms with Gasteiger partial charge in [0.05, 0.1) is 13.2 Å². The third-order valence-electron chi connectivity index (χ3n) is 2.23. The van der Waals surface area contributed by atoms with Gasteiger partial charge in [-0.2, -0.15) is 0 Å². The van der Waals surface area contributed by atoms with E-state index in [2.05, 4.69) is 0 Å². The van der Waals surface area contributed by atoms with Crippen LogP contribution < -0.4 is 0 Å². The Morgan fingerprint density at radius 2 is 1.40 bits per heavy atom. The Morgan fingerprint density at radius 3 is 1.85 bits per heavy atom. The number of carboxylic acid groups (broad SMARTS) is 1. The Balaban J connectivity index is 3.25. The maximum atomic E-state index is 11.4. The van der Waals surface area contributed by atoms with Crippen LogP contribution in [0.25, 0.3) is 0 Å². The van der Waals surface area contributed by atoms with E-state index in [1.165, 1.54) is 0 Å². The standard InChI is InChI=1S/C14H26O6/c1-14(2,3)20-13(17)9-5-7-11-19-18-10-6-4-8-12(15)16/h4-11H2,1-3H3,(H,15,16). The summed E-state index contributed by atoms with van der Waals surface area (Å²) in [5.74, 6) is -1.000. The van der Waals surface area contributed by atoms with E-state index in [-0.39, 0.29) is 12.4 Å². The molecule has 0 aliphatic rings. The largest absolute Gasteiger partial charge is 0.481 e. The molecule has 0 fully saturated rings. The van der Waals surface area contributed by atoms with Gasteiger partial charge in [-0.05, 0) is 46.5 Å². The van der Waals surface area contributed by atoms with Crippen molar-refractivity contribution in [3.63, 3.8) is 0 Å². The second-order valence-electron chi connectivity index (χ2n) is 5.54. The number of rotatable bonds is 11. The predicted molar refractivity (Wildman–Crippen MR) is 73.1 cm³/mol. The lowest BCUT2D eigenvalue weighted by molar-refractivity contribution is -0.295. The lowest BCUT2D eigenvalue weighted by Gasteiger charge is -2.19. The fraction of sp³-hybridized carbons (Fsp3) is 0.857. The summed E-state index contributed by atoms with van der Waals surface area (Å²) < 4.78 is 5.17. The van der Waals surface area contributed by atoms with Crippen molar-refractivity contribution in [2.24, 2.45) is 0 Å². The Hall–Kier alpha value is -1.14. The summed E-state index contributed by atoms with van der Waals surface area (Å²) in [7, 11) is 0. The highest BCUT2D eigenvalue weighted by molar-refractivity contribution is 5.69. The average molecular weight is 290 g/mol. The molecule has 0 saturated heterocycles. The number of aliphatic carboxylic acids is 1. The molecule has 0 aromatic heterocycles. The molecule has 0 atom stereocenters. The van der Waals surface area contributed by atoms with Gasteiger partial charge < -0.3 is 9.84 Å². The molecule has 6 nitrogen and oxygen atoms in total. The van der Waals surface area contributed by atoms with Gasteiger partial charge in [-0.25, -0.2) is 9.78 Å². The van der Waals surface area contributed by atoms with Gasteiger partial charge in [0.15, 0.2) is 0 Å². The zero-order chi connectivity index (χ0) is 15.4. The van der Waals surface area contributed by atoms with Crippen LogP contribution in [0.2, 0.25) is 0 Å². The Labute approximate surface area is 120 Å². The zero-order valence-electron chi connectivity index (χ0n) is 12.6. The normalized spacial score (nSPS) is 11.3. The Bertz CT molecular complexity index is 282. The van der Waals surface area contributed by atoms with E-state index in [0.717, 1.165) is 0 Å². The van der Waals surface area contributed by atoms with E-state index >= 15 is 0 Å². The lowest BCUT2D eigenvalue weighted by atomic mass is 10.2. The summed E-state index contributed by atoms with van der Waals surface area (Å²) in [4.78, 5) is 31.4. The van der Waals surface area contributed by atoms with Gasteiger partial charge in [0, 0.05) is 12.8 Å². The van der Waals surface area contributed by atoms with Crippen LogP contribution in [0, 0.1) is 0 Å². The molecule has 6 heteroatoms. The highest BCUT2D eigenvalue weighted by Gasteiger charge is 2.15. The molecular weight excluding hydrogens is 264 g/mol. The average Bonchev–Trinajstić information content (AvgIpc) is 2.28. The van der Waals surface area contributed by atoms with Crippen molar-refractivity contribution in [2.75, 3.05) is 13.2 Å². The maximum absolute atomic E-state index is 11.4. The Kier molecular flexibility index (Phi) is 10.0. The fourth-order valence-corrected chi connectivity index (χ4v) is 1.38. The SMILES string of the molecule is CC(C)(C)OC(=O)CCCCOOCCCCC(=O)O. The smallest absolute Gasteiger partial charge is 0.306 e. The van der Waals surface area contributed by atoms with Crippen LogP contribution in [-0.2, 0) is 24.1 Å². The van der Waals surface area contributed by atoms with Gasteiger partial charge in [0.2, 0.25) is 0 Å². The minimum absolute atomic E-state index is 0.152. The van der Waals surface area contributed by atoms with Crippen molar-refractivity contribution in [1.82, 2.24) is 0 Å². The van der Waals surface area contributed by atoms with Crippen LogP contribution in [0.3, 0.4) is 0 Å². The fourth-order valence-electron chi connectivity index (χ4n) is 1.38. The number of carbonyl (C=O) groups is 2. The van der Waals surface area contributed by atoms with Gasteiger partial charge in [-0.3, -0.25) is 9.59 Å². The first-order chi connectivity index (χ1) is 9.31. The number of hydrogen-bond donors (Lipinski definition) is 1. The van der Waals surface area contributed by atoms with Crippen LogP contribution >= 0.6 is 0 Å². The van der Waals surface area contributed by atoms with E-state index in [9.17, 15) is 9.59 Å². The van der Waals surface area contributed by atoms with Crippen LogP contribution in [0.15, 0.2) is 0 Å². The van der Waals surface area contributed by atoms with Crippen molar-refractivity contribution in [1.29, 1.82) is 0 Å². The summed E-state index contributed by atoms with van der Waals surface area (Å²) in [6.45, 7) is 6.33. The number of carboxylic acids is 1. The summed E-state index contributed by atoms with van der Waals surface area (Å²) in [5, 5.41) is 8.42. The number of esters is 1. The van der Waals surface area contributed by atoms with E-state index in [4.69, 9.17) is 19.6 Å². The van der Waals surface area contributed by atoms with Gasteiger partial charge in [-0.1, -0.05) is 0 Å². The monoisotopic (exact) mass is 290 g/mol. The molecule has 0 amide bonds. The molecule has 0 bridgehead atoms. The molecule has 0 aliphatic carbocycles. The molecule has 1 N–H and O–H groups in total. The molecule has 118 valence electrons. The van der Waals surface area contributed by atoms with Gasteiger partial charge in [0.1, 0.15) is 5.60 Å². The van der Waals surface area contributed by atoms with Crippen LogP contribution in [0.1, 0.15) is 59.3 Å². The minimum atomic E-state index is -0.798. The lowest BCUT2D eigenvalue weighted by Crippen LogP contribution is -2.23. The maximum Gasteiger partial charge on any atom is 0.306 e. The summed E-state index contributed by atoms with van der Waals surface area (Å²) in [6, 6.07) is 0. The second-order valence-corrected chi connectivity index (χ2v) is 5.54. The van der Waals surface area contributed by atoms with Crippen LogP contribution in [-0.4, -0.2) is 35.9 Å². The second kappa shape index (κ2) is 10.6. The highest BCUT2D eigenvalue weighted by Crippen LogP contribution is 2.09. The summed E-state index contributed by atoms with van der Waals surface area (Å²) >= 11 is 0. The van der Waals surface area contributed by atoms with Crippen LogP contribution in [0.4, 0.5) is 0 Å². The minimum Gasteiger partial charge on any atom is -0.481 e. The topological polar surface area (TPSA) is 82.1 Å². The van der Waals surface area contributed by atoms with Gasteiger partial charge in [0.25, 0.3) is 0 Å².